The van der Waals surface area contributed by atoms with Crippen LogP contribution in [0, 0.1) is 0 Å². The smallest absolute Gasteiger partial charge is 0.108 e. The van der Waals surface area contributed by atoms with Crippen LogP contribution in [0.4, 0.5) is 0 Å². The summed E-state index contributed by atoms with van der Waals surface area (Å²) < 4.78 is 6.40. The lowest BCUT2D eigenvalue weighted by molar-refractivity contribution is 0.520. The first-order chi connectivity index (χ1) is 6.36. The van der Waals surface area contributed by atoms with Crippen molar-refractivity contribution in [3.05, 3.63) is 58.5 Å². The fraction of sp³-hybridized carbons (Fsp3) is 0.0909. The molecule has 0 unspecified atom stereocenters. The molecule has 0 saturated heterocycles. The molecule has 2 aromatic rings. The highest BCUT2D eigenvalue weighted by Crippen LogP contribution is 2.19. The molecular weight excluding hydrogens is 228 g/mol. The van der Waals surface area contributed by atoms with Gasteiger partial charge in [0.1, 0.15) is 5.76 Å². The first kappa shape index (κ1) is 8.57. The normalized spacial score (nSPS) is 10.2. The molecule has 1 aromatic carbocycles. The predicted molar refractivity (Wildman–Crippen MR) is 55.7 cm³/mol. The maximum Gasteiger partial charge on any atom is 0.108 e. The van der Waals surface area contributed by atoms with Gasteiger partial charge in [0.2, 0.25) is 0 Å². The second-order valence-corrected chi connectivity index (χ2v) is 3.70. The van der Waals surface area contributed by atoms with E-state index in [9.17, 15) is 0 Å². The van der Waals surface area contributed by atoms with Crippen LogP contribution < -0.4 is 0 Å². The Kier molecular flexibility index (Phi) is 2.50. The summed E-state index contributed by atoms with van der Waals surface area (Å²) >= 11 is 3.50. The molecule has 1 heterocycles. The highest BCUT2D eigenvalue weighted by Gasteiger charge is 2.01. The Morgan fingerprint density at radius 1 is 1.08 bits per heavy atom. The minimum Gasteiger partial charge on any atom is -0.469 e. The van der Waals surface area contributed by atoms with Gasteiger partial charge in [0.15, 0.2) is 0 Å². The molecule has 13 heavy (non-hydrogen) atoms. The van der Waals surface area contributed by atoms with Gasteiger partial charge in [-0.3, -0.25) is 0 Å². The van der Waals surface area contributed by atoms with Gasteiger partial charge >= 0.3 is 0 Å². The van der Waals surface area contributed by atoms with Crippen LogP contribution >= 0.6 is 15.9 Å². The Bertz CT molecular complexity index is 379. The predicted octanol–water partition coefficient (Wildman–Crippen LogP) is 3.63. The van der Waals surface area contributed by atoms with E-state index in [1.807, 2.05) is 30.3 Å². The second kappa shape index (κ2) is 3.79. The first-order valence-corrected chi connectivity index (χ1v) is 4.91. The van der Waals surface area contributed by atoms with Gasteiger partial charge in [-0.15, -0.1) is 0 Å². The highest BCUT2D eigenvalue weighted by atomic mass is 79.9. The summed E-state index contributed by atoms with van der Waals surface area (Å²) in [6.07, 6.45) is 2.54. The summed E-state index contributed by atoms with van der Waals surface area (Å²) in [7, 11) is 0. The molecule has 0 bridgehead atoms. The number of furan rings is 1. The van der Waals surface area contributed by atoms with Crippen molar-refractivity contribution in [1.82, 2.24) is 0 Å². The molecule has 0 radical (unpaired) electrons. The molecule has 2 rings (SSSR count). The standard InChI is InChI=1S/C11H9BrO/c12-11-6-2-1-4-9(11)8-10-5-3-7-13-10/h1-7H,8H2. The summed E-state index contributed by atoms with van der Waals surface area (Å²) in [4.78, 5) is 0. The molecule has 0 aliphatic rings. The zero-order valence-corrected chi connectivity index (χ0v) is 8.62. The average Bonchev–Trinajstić information content (AvgIpc) is 2.61. The Hall–Kier alpha value is -1.02. The van der Waals surface area contributed by atoms with Crippen molar-refractivity contribution in [3.8, 4) is 0 Å². The zero-order valence-electron chi connectivity index (χ0n) is 7.03. The lowest BCUT2D eigenvalue weighted by Crippen LogP contribution is -1.86. The third kappa shape index (κ3) is 2.01. The highest BCUT2D eigenvalue weighted by molar-refractivity contribution is 9.10. The maximum atomic E-state index is 5.27. The summed E-state index contributed by atoms with van der Waals surface area (Å²) in [5.74, 6) is 0.993. The van der Waals surface area contributed by atoms with Gasteiger partial charge in [-0.2, -0.15) is 0 Å². The third-order valence-corrected chi connectivity index (χ3v) is 2.68. The number of benzene rings is 1. The van der Waals surface area contributed by atoms with Crippen LogP contribution in [-0.2, 0) is 6.42 Å². The van der Waals surface area contributed by atoms with Gasteiger partial charge in [0, 0.05) is 10.9 Å². The van der Waals surface area contributed by atoms with E-state index < -0.39 is 0 Å². The van der Waals surface area contributed by atoms with Crippen LogP contribution in [0.25, 0.3) is 0 Å². The molecule has 2 heteroatoms. The minimum absolute atomic E-state index is 0.842. The summed E-state index contributed by atoms with van der Waals surface area (Å²) in [5, 5.41) is 0. The van der Waals surface area contributed by atoms with E-state index in [2.05, 4.69) is 22.0 Å². The fourth-order valence-corrected chi connectivity index (χ4v) is 1.67. The SMILES string of the molecule is Brc1ccccc1Cc1ccco1. The summed E-state index contributed by atoms with van der Waals surface area (Å²) in [6.45, 7) is 0. The number of halogens is 1. The van der Waals surface area contributed by atoms with Gasteiger partial charge in [-0.05, 0) is 23.8 Å². The van der Waals surface area contributed by atoms with Gasteiger partial charge in [-0.1, -0.05) is 34.1 Å². The third-order valence-electron chi connectivity index (χ3n) is 1.90. The van der Waals surface area contributed by atoms with Gasteiger partial charge in [0.25, 0.3) is 0 Å². The Balaban J connectivity index is 2.24. The number of hydrogen-bond acceptors (Lipinski definition) is 1. The van der Waals surface area contributed by atoms with Crippen LogP contribution in [0.1, 0.15) is 11.3 Å². The van der Waals surface area contributed by atoms with Crippen molar-refractivity contribution >= 4 is 15.9 Å². The fourth-order valence-electron chi connectivity index (χ4n) is 1.24. The van der Waals surface area contributed by atoms with Crippen LogP contribution in [0.5, 0.6) is 0 Å². The van der Waals surface area contributed by atoms with Crippen molar-refractivity contribution in [2.75, 3.05) is 0 Å². The molecule has 0 atom stereocenters. The van der Waals surface area contributed by atoms with Crippen molar-refractivity contribution in [1.29, 1.82) is 0 Å². The molecule has 1 aromatic heterocycles. The minimum atomic E-state index is 0.842. The molecule has 0 N–H and O–H groups in total. The van der Waals surface area contributed by atoms with Crippen molar-refractivity contribution in [2.24, 2.45) is 0 Å². The largest absolute Gasteiger partial charge is 0.469 e. The molecule has 0 aliphatic heterocycles. The molecule has 0 saturated carbocycles. The molecule has 1 nitrogen and oxygen atoms in total. The van der Waals surface area contributed by atoms with E-state index in [0.717, 1.165) is 16.7 Å². The van der Waals surface area contributed by atoms with E-state index in [-0.39, 0.29) is 0 Å². The van der Waals surface area contributed by atoms with Gasteiger partial charge in [-0.25, -0.2) is 0 Å². The van der Waals surface area contributed by atoms with Crippen LogP contribution in [0.15, 0.2) is 51.6 Å². The number of rotatable bonds is 2. The summed E-state index contributed by atoms with van der Waals surface area (Å²) in [5.41, 5.74) is 1.25. The molecule has 0 spiro atoms. The monoisotopic (exact) mass is 236 g/mol. The van der Waals surface area contributed by atoms with E-state index in [4.69, 9.17) is 4.42 Å². The van der Waals surface area contributed by atoms with E-state index >= 15 is 0 Å². The van der Waals surface area contributed by atoms with Crippen molar-refractivity contribution < 1.29 is 4.42 Å². The Labute approximate surface area is 85.5 Å². The zero-order chi connectivity index (χ0) is 9.10. The van der Waals surface area contributed by atoms with Crippen molar-refractivity contribution in [2.45, 2.75) is 6.42 Å². The number of hydrogen-bond donors (Lipinski definition) is 0. The average molecular weight is 237 g/mol. The molecule has 0 aliphatic carbocycles. The van der Waals surface area contributed by atoms with E-state index in [0.29, 0.717) is 0 Å². The van der Waals surface area contributed by atoms with Gasteiger partial charge < -0.3 is 4.42 Å². The molecular formula is C11H9BrO. The van der Waals surface area contributed by atoms with Crippen LogP contribution in [0.2, 0.25) is 0 Å². The summed E-state index contributed by atoms with van der Waals surface area (Å²) in [6, 6.07) is 12.1. The van der Waals surface area contributed by atoms with Crippen molar-refractivity contribution in [3.63, 3.8) is 0 Å². The van der Waals surface area contributed by atoms with Gasteiger partial charge in [0.05, 0.1) is 6.26 Å². The molecule has 66 valence electrons. The Morgan fingerprint density at radius 3 is 2.62 bits per heavy atom. The molecule has 0 amide bonds. The second-order valence-electron chi connectivity index (χ2n) is 2.85. The Morgan fingerprint density at radius 2 is 1.92 bits per heavy atom. The van der Waals surface area contributed by atoms with E-state index in [1.165, 1.54) is 5.56 Å². The lowest BCUT2D eigenvalue weighted by atomic mass is 10.1. The quantitative estimate of drug-likeness (QED) is 0.777. The first-order valence-electron chi connectivity index (χ1n) is 4.12. The molecule has 0 fully saturated rings. The van der Waals surface area contributed by atoms with E-state index in [1.54, 1.807) is 6.26 Å². The maximum absolute atomic E-state index is 5.27. The van der Waals surface area contributed by atoms with Crippen LogP contribution in [-0.4, -0.2) is 0 Å². The topological polar surface area (TPSA) is 13.1 Å². The lowest BCUT2D eigenvalue weighted by Gasteiger charge is -2.00. The van der Waals surface area contributed by atoms with Crippen LogP contribution in [0.3, 0.4) is 0 Å².